The molecule has 2 amide bonds. The Morgan fingerprint density at radius 1 is 1.17 bits per heavy atom. The monoisotopic (exact) mass is 435 g/mol. The van der Waals surface area contributed by atoms with Gasteiger partial charge in [0.1, 0.15) is 6.04 Å². The number of nitrogens with zero attached hydrogens (tertiary/aromatic N) is 1. The van der Waals surface area contributed by atoms with Gasteiger partial charge in [0.2, 0.25) is 21.8 Å². The molecule has 0 aliphatic carbocycles. The maximum absolute atomic E-state index is 12.7. The molecule has 1 aliphatic heterocycles. The number of carbonyl (C=O) groups is 2. The van der Waals surface area contributed by atoms with Crippen LogP contribution < -0.4 is 10.0 Å². The Morgan fingerprint density at radius 3 is 2.55 bits per heavy atom. The maximum Gasteiger partial charge on any atom is 0.247 e. The smallest absolute Gasteiger partial charge is 0.247 e. The third-order valence-corrected chi connectivity index (χ3v) is 7.05. The predicted octanol–water partition coefficient (Wildman–Crippen LogP) is 3.07. The van der Waals surface area contributed by atoms with E-state index in [9.17, 15) is 18.0 Å². The van der Waals surface area contributed by atoms with E-state index < -0.39 is 16.1 Å². The summed E-state index contributed by atoms with van der Waals surface area (Å²) in [6, 6.07) is 9.86. The van der Waals surface area contributed by atoms with Gasteiger partial charge in [-0.05, 0) is 55.0 Å². The number of likely N-dealkylation sites (tertiary alicyclic amines) is 1. The zero-order valence-corrected chi connectivity index (χ0v) is 17.9. The molecule has 0 spiro atoms. The zero-order chi connectivity index (χ0) is 20.9. The van der Waals surface area contributed by atoms with Crippen molar-refractivity contribution in [1.29, 1.82) is 0 Å². The molecular weight excluding hydrogens is 410 g/mol. The van der Waals surface area contributed by atoms with Crippen LogP contribution in [0.2, 0.25) is 0 Å². The van der Waals surface area contributed by atoms with Gasteiger partial charge in [-0.1, -0.05) is 13.0 Å². The van der Waals surface area contributed by atoms with Gasteiger partial charge in [-0.3, -0.25) is 14.3 Å². The molecule has 7 nitrogen and oxygen atoms in total. The largest absolute Gasteiger partial charge is 0.330 e. The number of carbonyl (C=O) groups excluding carboxylic acids is 2. The summed E-state index contributed by atoms with van der Waals surface area (Å²) in [5, 5.41) is 4.77. The average molecular weight is 436 g/mol. The van der Waals surface area contributed by atoms with Crippen molar-refractivity contribution >= 4 is 44.5 Å². The first-order chi connectivity index (χ1) is 13.9. The number of nitrogens with one attached hydrogen (secondary N) is 2. The molecule has 0 saturated carbocycles. The van der Waals surface area contributed by atoms with Crippen LogP contribution in [0.1, 0.15) is 31.1 Å². The number of hydrogen-bond donors (Lipinski definition) is 2. The molecule has 1 unspecified atom stereocenters. The Kier molecular flexibility index (Phi) is 6.92. The van der Waals surface area contributed by atoms with E-state index in [0.717, 1.165) is 11.3 Å². The first kappa shape index (κ1) is 21.3. The van der Waals surface area contributed by atoms with Crippen LogP contribution in [0.5, 0.6) is 0 Å². The van der Waals surface area contributed by atoms with Crippen LogP contribution in [-0.2, 0) is 26.0 Å². The van der Waals surface area contributed by atoms with Gasteiger partial charge in [-0.2, -0.15) is 0 Å². The van der Waals surface area contributed by atoms with E-state index in [1.165, 1.54) is 11.3 Å². The summed E-state index contributed by atoms with van der Waals surface area (Å²) in [7, 11) is -3.35. The minimum absolute atomic E-state index is 0.0363. The van der Waals surface area contributed by atoms with Crippen molar-refractivity contribution in [2.75, 3.05) is 22.3 Å². The van der Waals surface area contributed by atoms with Gasteiger partial charge in [0.05, 0.1) is 12.2 Å². The highest BCUT2D eigenvalue weighted by molar-refractivity contribution is 7.92. The molecule has 1 aromatic heterocycles. The average Bonchev–Trinajstić information content (AvgIpc) is 3.34. The van der Waals surface area contributed by atoms with Crippen molar-refractivity contribution in [3.8, 4) is 0 Å². The summed E-state index contributed by atoms with van der Waals surface area (Å²) >= 11 is 1.53. The highest BCUT2D eigenvalue weighted by Gasteiger charge is 2.34. The van der Waals surface area contributed by atoms with Crippen molar-refractivity contribution < 1.29 is 18.0 Å². The lowest BCUT2D eigenvalue weighted by atomic mass is 10.2. The Hall–Kier alpha value is -2.39. The van der Waals surface area contributed by atoms with Crippen LogP contribution in [0, 0.1) is 0 Å². The number of sulfonamides is 1. The van der Waals surface area contributed by atoms with Gasteiger partial charge in [0.25, 0.3) is 0 Å². The Labute approximate surface area is 175 Å². The number of anilines is 2. The van der Waals surface area contributed by atoms with E-state index in [0.29, 0.717) is 37.2 Å². The van der Waals surface area contributed by atoms with E-state index in [-0.39, 0.29) is 17.6 Å². The highest BCUT2D eigenvalue weighted by Crippen LogP contribution is 2.22. The molecule has 2 aromatic rings. The molecule has 3 rings (SSSR count). The number of amides is 2. The molecule has 29 heavy (non-hydrogen) atoms. The Morgan fingerprint density at radius 2 is 1.90 bits per heavy atom. The normalized spacial score (nSPS) is 16.6. The van der Waals surface area contributed by atoms with E-state index in [4.69, 9.17) is 0 Å². The summed E-state index contributed by atoms with van der Waals surface area (Å²) in [6.45, 7) is 2.38. The molecule has 1 fully saturated rings. The van der Waals surface area contributed by atoms with Crippen molar-refractivity contribution in [1.82, 2.24) is 4.90 Å². The van der Waals surface area contributed by atoms with E-state index in [1.54, 1.807) is 36.1 Å². The molecule has 1 aromatic carbocycles. The third-order valence-electron chi connectivity index (χ3n) is 4.68. The SMILES string of the molecule is CCCS(=O)(=O)Nc1ccc(NC(=O)C2CCCN2C(=O)Cc2cccs2)cc1. The first-order valence-electron chi connectivity index (χ1n) is 9.61. The van der Waals surface area contributed by atoms with Gasteiger partial charge >= 0.3 is 0 Å². The van der Waals surface area contributed by atoms with Crippen LogP contribution in [-0.4, -0.2) is 43.5 Å². The molecule has 1 atom stereocenters. The maximum atomic E-state index is 12.7. The fourth-order valence-corrected chi connectivity index (χ4v) is 5.18. The molecule has 9 heteroatoms. The molecular formula is C20H25N3O4S2. The van der Waals surface area contributed by atoms with E-state index in [1.807, 2.05) is 17.5 Å². The Balaban J connectivity index is 1.59. The van der Waals surface area contributed by atoms with Gasteiger partial charge in [-0.15, -0.1) is 11.3 Å². The lowest BCUT2D eigenvalue weighted by Gasteiger charge is -2.24. The van der Waals surface area contributed by atoms with Gasteiger partial charge in [0.15, 0.2) is 0 Å². The fourth-order valence-electron chi connectivity index (χ4n) is 3.35. The molecule has 2 N–H and O–H groups in total. The number of benzene rings is 1. The Bertz CT molecular complexity index is 941. The van der Waals surface area contributed by atoms with Gasteiger partial charge < -0.3 is 10.2 Å². The van der Waals surface area contributed by atoms with E-state index >= 15 is 0 Å². The molecule has 156 valence electrons. The zero-order valence-electron chi connectivity index (χ0n) is 16.3. The second-order valence-electron chi connectivity index (χ2n) is 6.99. The summed E-state index contributed by atoms with van der Waals surface area (Å²) in [5.74, 6) is -0.199. The quantitative estimate of drug-likeness (QED) is 0.666. The molecule has 1 saturated heterocycles. The van der Waals surface area contributed by atoms with Gasteiger partial charge in [-0.25, -0.2) is 8.42 Å². The number of rotatable bonds is 8. The fraction of sp³-hybridized carbons (Fsp3) is 0.400. The minimum atomic E-state index is -3.35. The second kappa shape index (κ2) is 9.41. The third kappa shape index (κ3) is 5.80. The molecule has 0 radical (unpaired) electrons. The number of thiophene rings is 1. The molecule has 2 heterocycles. The first-order valence-corrected chi connectivity index (χ1v) is 12.1. The van der Waals surface area contributed by atoms with Crippen molar-refractivity contribution in [2.24, 2.45) is 0 Å². The number of hydrogen-bond acceptors (Lipinski definition) is 5. The lowest BCUT2D eigenvalue weighted by Crippen LogP contribution is -2.43. The van der Waals surface area contributed by atoms with Crippen molar-refractivity contribution in [3.05, 3.63) is 46.7 Å². The topological polar surface area (TPSA) is 95.6 Å². The highest BCUT2D eigenvalue weighted by atomic mass is 32.2. The van der Waals surface area contributed by atoms with Gasteiger partial charge in [0, 0.05) is 22.8 Å². The van der Waals surface area contributed by atoms with E-state index in [2.05, 4.69) is 10.0 Å². The molecule has 0 bridgehead atoms. The minimum Gasteiger partial charge on any atom is -0.330 e. The summed E-state index contributed by atoms with van der Waals surface area (Å²) in [6.07, 6.45) is 2.28. The standard InChI is InChI=1S/C20H25N3O4S2/c1-2-13-29(26,27)22-16-9-7-15(8-10-16)21-20(25)18-6-3-11-23(18)19(24)14-17-5-4-12-28-17/h4-5,7-10,12,18,22H,2-3,6,11,13-14H2,1H3,(H,21,25). The van der Waals surface area contributed by atoms with Crippen LogP contribution >= 0.6 is 11.3 Å². The molecule has 1 aliphatic rings. The summed E-state index contributed by atoms with van der Waals surface area (Å²) in [5.41, 5.74) is 1.01. The van der Waals surface area contributed by atoms with Crippen LogP contribution in [0.15, 0.2) is 41.8 Å². The van der Waals surface area contributed by atoms with Crippen molar-refractivity contribution in [2.45, 2.75) is 38.6 Å². The van der Waals surface area contributed by atoms with Crippen molar-refractivity contribution in [3.63, 3.8) is 0 Å². The summed E-state index contributed by atoms with van der Waals surface area (Å²) in [4.78, 5) is 28.0. The van der Waals surface area contributed by atoms with Crippen LogP contribution in [0.3, 0.4) is 0 Å². The predicted molar refractivity (Wildman–Crippen MR) is 116 cm³/mol. The second-order valence-corrected chi connectivity index (χ2v) is 9.86. The summed E-state index contributed by atoms with van der Waals surface area (Å²) < 4.78 is 26.2. The van der Waals surface area contributed by atoms with Crippen LogP contribution in [0.25, 0.3) is 0 Å². The van der Waals surface area contributed by atoms with Crippen LogP contribution in [0.4, 0.5) is 11.4 Å². The lowest BCUT2D eigenvalue weighted by molar-refractivity contribution is -0.136.